The van der Waals surface area contributed by atoms with E-state index in [2.05, 4.69) is 5.32 Å². The first-order valence-corrected chi connectivity index (χ1v) is 6.10. The Labute approximate surface area is 105 Å². The van der Waals surface area contributed by atoms with E-state index in [1.807, 2.05) is 18.2 Å². The van der Waals surface area contributed by atoms with Gasteiger partial charge in [-0.1, -0.05) is 0 Å². The number of hydrogen-bond donors (Lipinski definition) is 1. The molecule has 0 spiro atoms. The summed E-state index contributed by atoms with van der Waals surface area (Å²) in [5.74, 6) is 0.821. The third-order valence-electron chi connectivity index (χ3n) is 3.16. The van der Waals surface area contributed by atoms with Gasteiger partial charge in [-0.2, -0.15) is 0 Å². The summed E-state index contributed by atoms with van der Waals surface area (Å²) in [6.07, 6.45) is 4.23. The van der Waals surface area contributed by atoms with Crippen LogP contribution < -0.4 is 10.1 Å². The molecule has 0 atom stereocenters. The highest BCUT2D eigenvalue weighted by Crippen LogP contribution is 2.26. The number of methoxy groups -OCH3 is 1. The van der Waals surface area contributed by atoms with Crippen molar-refractivity contribution in [2.75, 3.05) is 7.11 Å². The molecule has 1 aliphatic rings. The van der Waals surface area contributed by atoms with Crippen LogP contribution in [0, 0.1) is 0 Å². The summed E-state index contributed by atoms with van der Waals surface area (Å²) < 4.78 is 10.6. The zero-order valence-electron chi connectivity index (χ0n) is 10.2. The summed E-state index contributed by atoms with van der Waals surface area (Å²) in [6.45, 7) is 0. The lowest BCUT2D eigenvalue weighted by atomic mass is 10.1. The van der Waals surface area contributed by atoms with Crippen molar-refractivity contribution in [2.24, 2.45) is 0 Å². The first kappa shape index (κ1) is 11.1. The molecule has 1 fully saturated rings. The van der Waals surface area contributed by atoms with Crippen LogP contribution in [-0.4, -0.2) is 19.1 Å². The number of benzene rings is 1. The van der Waals surface area contributed by atoms with Gasteiger partial charge in [0.25, 0.3) is 0 Å². The van der Waals surface area contributed by atoms with Crippen LogP contribution in [0.2, 0.25) is 0 Å². The second-order valence-corrected chi connectivity index (χ2v) is 4.64. The second kappa shape index (κ2) is 4.37. The number of rotatable bonds is 4. The molecule has 2 aromatic rings. The third-order valence-corrected chi connectivity index (χ3v) is 3.16. The number of furan rings is 1. The van der Waals surface area contributed by atoms with Crippen LogP contribution in [0.3, 0.4) is 0 Å². The molecule has 0 aliphatic heterocycles. The molecule has 1 aromatic carbocycles. The van der Waals surface area contributed by atoms with Crippen molar-refractivity contribution >= 4 is 16.9 Å². The van der Waals surface area contributed by atoms with Gasteiger partial charge in [0.1, 0.15) is 11.3 Å². The number of ether oxygens (including phenoxy) is 1. The van der Waals surface area contributed by atoms with Crippen LogP contribution >= 0.6 is 0 Å². The van der Waals surface area contributed by atoms with E-state index in [4.69, 9.17) is 9.15 Å². The Kier molecular flexibility index (Phi) is 2.70. The SMILES string of the molecule is COc1ccc2c(CC(=O)NC3CC3)coc2c1. The lowest BCUT2D eigenvalue weighted by Gasteiger charge is -2.02. The molecule has 0 radical (unpaired) electrons. The van der Waals surface area contributed by atoms with Crippen molar-refractivity contribution in [3.8, 4) is 5.75 Å². The van der Waals surface area contributed by atoms with Gasteiger partial charge in [0.2, 0.25) is 5.91 Å². The minimum absolute atomic E-state index is 0.0658. The van der Waals surface area contributed by atoms with Gasteiger partial charge in [-0.25, -0.2) is 0 Å². The minimum atomic E-state index is 0.0658. The maximum Gasteiger partial charge on any atom is 0.224 e. The molecule has 1 aliphatic carbocycles. The monoisotopic (exact) mass is 245 g/mol. The van der Waals surface area contributed by atoms with Crippen LogP contribution in [0.5, 0.6) is 5.75 Å². The number of nitrogens with one attached hydrogen (secondary N) is 1. The average Bonchev–Trinajstić information content (AvgIpc) is 3.10. The predicted octanol–water partition coefficient (Wildman–Crippen LogP) is 2.26. The summed E-state index contributed by atoms with van der Waals surface area (Å²) in [5.41, 5.74) is 1.68. The number of carbonyl (C=O) groups is 1. The molecule has 4 nitrogen and oxygen atoms in total. The smallest absolute Gasteiger partial charge is 0.224 e. The van der Waals surface area contributed by atoms with E-state index in [0.717, 1.165) is 35.1 Å². The van der Waals surface area contributed by atoms with E-state index < -0.39 is 0 Å². The number of carbonyl (C=O) groups excluding carboxylic acids is 1. The Morgan fingerprint density at radius 2 is 2.33 bits per heavy atom. The van der Waals surface area contributed by atoms with E-state index in [9.17, 15) is 4.79 Å². The van der Waals surface area contributed by atoms with E-state index >= 15 is 0 Å². The van der Waals surface area contributed by atoms with Gasteiger partial charge in [0.15, 0.2) is 0 Å². The third kappa shape index (κ3) is 2.18. The number of hydrogen-bond acceptors (Lipinski definition) is 3. The molecule has 0 unspecified atom stereocenters. The molecule has 0 saturated heterocycles. The molecule has 4 heteroatoms. The van der Waals surface area contributed by atoms with Crippen LogP contribution in [0.15, 0.2) is 28.9 Å². The van der Waals surface area contributed by atoms with Crippen molar-refractivity contribution in [1.82, 2.24) is 5.32 Å². The molecule has 0 bridgehead atoms. The van der Waals surface area contributed by atoms with Gasteiger partial charge in [-0.15, -0.1) is 0 Å². The highest BCUT2D eigenvalue weighted by molar-refractivity contribution is 5.88. The van der Waals surface area contributed by atoms with Gasteiger partial charge in [-0.3, -0.25) is 4.79 Å². The highest BCUT2D eigenvalue weighted by atomic mass is 16.5. The maximum atomic E-state index is 11.8. The summed E-state index contributed by atoms with van der Waals surface area (Å²) in [7, 11) is 1.62. The van der Waals surface area contributed by atoms with E-state index in [-0.39, 0.29) is 5.91 Å². The Bertz CT molecular complexity index is 584. The van der Waals surface area contributed by atoms with Crippen molar-refractivity contribution < 1.29 is 13.9 Å². The molecule has 1 saturated carbocycles. The van der Waals surface area contributed by atoms with E-state index in [0.29, 0.717) is 12.5 Å². The molecule has 94 valence electrons. The average molecular weight is 245 g/mol. The molecule has 18 heavy (non-hydrogen) atoms. The van der Waals surface area contributed by atoms with Gasteiger partial charge in [0.05, 0.1) is 19.8 Å². The fourth-order valence-electron chi connectivity index (χ4n) is 2.01. The number of amides is 1. The molecule has 1 heterocycles. The quantitative estimate of drug-likeness (QED) is 0.899. The zero-order chi connectivity index (χ0) is 12.5. The Balaban J connectivity index is 1.81. The van der Waals surface area contributed by atoms with Gasteiger partial charge in [-0.05, 0) is 25.0 Å². The molecule has 3 rings (SSSR count). The van der Waals surface area contributed by atoms with Crippen LogP contribution in [0.4, 0.5) is 0 Å². The number of fused-ring (bicyclic) bond motifs is 1. The summed E-state index contributed by atoms with van der Waals surface area (Å²) in [6, 6.07) is 6.03. The van der Waals surface area contributed by atoms with E-state index in [1.165, 1.54) is 0 Å². The van der Waals surface area contributed by atoms with Crippen molar-refractivity contribution in [3.63, 3.8) is 0 Å². The minimum Gasteiger partial charge on any atom is -0.497 e. The van der Waals surface area contributed by atoms with E-state index in [1.54, 1.807) is 13.4 Å². The van der Waals surface area contributed by atoms with Crippen LogP contribution in [0.25, 0.3) is 11.0 Å². The Hall–Kier alpha value is -1.97. The highest BCUT2D eigenvalue weighted by Gasteiger charge is 2.23. The first-order chi connectivity index (χ1) is 8.76. The van der Waals surface area contributed by atoms with Crippen molar-refractivity contribution in [2.45, 2.75) is 25.3 Å². The molecule has 1 N–H and O–H groups in total. The van der Waals surface area contributed by atoms with Crippen LogP contribution in [-0.2, 0) is 11.2 Å². The van der Waals surface area contributed by atoms with Gasteiger partial charge < -0.3 is 14.5 Å². The van der Waals surface area contributed by atoms with Gasteiger partial charge >= 0.3 is 0 Å². The van der Waals surface area contributed by atoms with Crippen molar-refractivity contribution in [3.05, 3.63) is 30.0 Å². The largest absolute Gasteiger partial charge is 0.497 e. The first-order valence-electron chi connectivity index (χ1n) is 6.10. The Morgan fingerprint density at radius 1 is 1.50 bits per heavy atom. The summed E-state index contributed by atoms with van der Waals surface area (Å²) in [4.78, 5) is 11.8. The summed E-state index contributed by atoms with van der Waals surface area (Å²) >= 11 is 0. The molecular formula is C14H15NO3. The fraction of sp³-hybridized carbons (Fsp3) is 0.357. The molecule has 1 aromatic heterocycles. The van der Waals surface area contributed by atoms with Gasteiger partial charge in [0, 0.05) is 23.1 Å². The van der Waals surface area contributed by atoms with Crippen molar-refractivity contribution in [1.29, 1.82) is 0 Å². The lowest BCUT2D eigenvalue weighted by Crippen LogP contribution is -2.26. The van der Waals surface area contributed by atoms with Crippen LogP contribution in [0.1, 0.15) is 18.4 Å². The molecular weight excluding hydrogens is 230 g/mol. The topological polar surface area (TPSA) is 51.5 Å². The summed E-state index contributed by atoms with van der Waals surface area (Å²) in [5, 5.41) is 3.95. The Morgan fingerprint density at radius 3 is 3.06 bits per heavy atom. The lowest BCUT2D eigenvalue weighted by molar-refractivity contribution is -0.120. The second-order valence-electron chi connectivity index (χ2n) is 4.64. The standard InChI is InChI=1S/C14H15NO3/c1-17-11-4-5-12-9(8-18-13(12)7-11)6-14(16)15-10-2-3-10/h4-5,7-8,10H,2-3,6H2,1H3,(H,15,16). The normalized spacial score (nSPS) is 14.7. The predicted molar refractivity (Wildman–Crippen MR) is 67.6 cm³/mol. The fourth-order valence-corrected chi connectivity index (χ4v) is 2.01. The maximum absolute atomic E-state index is 11.8. The zero-order valence-corrected chi connectivity index (χ0v) is 10.2. The molecule has 1 amide bonds.